The van der Waals surface area contributed by atoms with E-state index in [9.17, 15) is 14.9 Å². The molecule has 1 unspecified atom stereocenters. The van der Waals surface area contributed by atoms with E-state index in [4.69, 9.17) is 11.6 Å². The summed E-state index contributed by atoms with van der Waals surface area (Å²) in [5.41, 5.74) is 2.62. The number of rotatable bonds is 5. The molecule has 4 rings (SSSR count). The van der Waals surface area contributed by atoms with Crippen LogP contribution < -0.4 is 0 Å². The lowest BCUT2D eigenvalue weighted by Crippen LogP contribution is -2.29. The monoisotopic (exact) mass is 397 g/mol. The van der Waals surface area contributed by atoms with Gasteiger partial charge in [-0.25, -0.2) is 0 Å². The first-order valence-electron chi connectivity index (χ1n) is 9.31. The van der Waals surface area contributed by atoms with Crippen molar-refractivity contribution in [3.05, 3.63) is 74.9 Å². The van der Waals surface area contributed by atoms with E-state index in [-0.39, 0.29) is 23.9 Å². The molecule has 6 nitrogen and oxygen atoms in total. The number of amides is 1. The number of hydrogen-bond acceptors (Lipinski definition) is 3. The number of carbonyl (C=O) groups excluding carboxylic acids is 1. The molecule has 1 amide bonds. The van der Waals surface area contributed by atoms with Crippen LogP contribution in [0.4, 0.5) is 5.69 Å². The fraction of sp³-hybridized carbons (Fsp3) is 0.286. The van der Waals surface area contributed by atoms with Gasteiger partial charge in [0.1, 0.15) is 0 Å². The average Bonchev–Trinajstić information content (AvgIpc) is 3.36. The minimum absolute atomic E-state index is 0.0222. The molecule has 7 heteroatoms. The van der Waals surface area contributed by atoms with Crippen LogP contribution in [-0.2, 0) is 4.79 Å². The van der Waals surface area contributed by atoms with Crippen molar-refractivity contribution in [1.82, 2.24) is 9.88 Å². The van der Waals surface area contributed by atoms with Gasteiger partial charge >= 0.3 is 0 Å². The fourth-order valence-electron chi connectivity index (χ4n) is 3.94. The maximum absolute atomic E-state index is 12.9. The van der Waals surface area contributed by atoms with Gasteiger partial charge in [-0.15, -0.1) is 0 Å². The van der Waals surface area contributed by atoms with Crippen LogP contribution in [0.2, 0.25) is 5.02 Å². The molecule has 0 bridgehead atoms. The van der Waals surface area contributed by atoms with Crippen molar-refractivity contribution in [2.45, 2.75) is 25.2 Å². The molecule has 0 spiro atoms. The Balaban J connectivity index is 1.78. The molecule has 2 heterocycles. The quantitative estimate of drug-likeness (QED) is 0.492. The highest BCUT2D eigenvalue weighted by atomic mass is 35.5. The van der Waals surface area contributed by atoms with Gasteiger partial charge in [-0.3, -0.25) is 14.9 Å². The Morgan fingerprint density at radius 2 is 2.00 bits per heavy atom. The van der Waals surface area contributed by atoms with Crippen LogP contribution in [0.5, 0.6) is 0 Å². The summed E-state index contributed by atoms with van der Waals surface area (Å²) in [6.45, 7) is 1.56. The molecule has 1 aliphatic heterocycles. The number of nitro benzene ring substituents is 1. The predicted molar refractivity (Wildman–Crippen MR) is 109 cm³/mol. The van der Waals surface area contributed by atoms with Gasteiger partial charge in [0.2, 0.25) is 5.91 Å². The van der Waals surface area contributed by atoms with E-state index < -0.39 is 4.92 Å². The van der Waals surface area contributed by atoms with Gasteiger partial charge in [-0.1, -0.05) is 23.7 Å². The average molecular weight is 398 g/mol. The van der Waals surface area contributed by atoms with Gasteiger partial charge in [0.05, 0.1) is 4.92 Å². The molecule has 0 saturated carbocycles. The Hall–Kier alpha value is -2.86. The van der Waals surface area contributed by atoms with E-state index in [0.29, 0.717) is 5.02 Å². The number of non-ortho nitro benzene ring substituents is 1. The number of halogens is 1. The fourth-order valence-corrected chi connectivity index (χ4v) is 4.11. The minimum atomic E-state index is -0.408. The number of aromatic nitrogens is 1. The second-order valence-corrected chi connectivity index (χ2v) is 7.57. The van der Waals surface area contributed by atoms with E-state index in [2.05, 4.69) is 4.98 Å². The molecule has 1 saturated heterocycles. The summed E-state index contributed by atoms with van der Waals surface area (Å²) in [6, 6.07) is 12.1. The molecule has 1 aromatic heterocycles. The van der Waals surface area contributed by atoms with Crippen LogP contribution in [0.3, 0.4) is 0 Å². The number of aromatic amines is 1. The molecule has 1 atom stereocenters. The topological polar surface area (TPSA) is 79.2 Å². The molecule has 1 fully saturated rings. The van der Waals surface area contributed by atoms with Crippen LogP contribution in [0.25, 0.3) is 10.9 Å². The van der Waals surface area contributed by atoms with Crippen LogP contribution in [-0.4, -0.2) is 33.8 Å². The van der Waals surface area contributed by atoms with Crippen LogP contribution in [0.1, 0.15) is 36.3 Å². The molecule has 144 valence electrons. The van der Waals surface area contributed by atoms with Gasteiger partial charge in [0.25, 0.3) is 5.69 Å². The third-order valence-corrected chi connectivity index (χ3v) is 5.61. The Morgan fingerprint density at radius 3 is 2.75 bits per heavy atom. The van der Waals surface area contributed by atoms with Crippen LogP contribution in [0.15, 0.2) is 48.7 Å². The number of hydrogen-bond donors (Lipinski definition) is 1. The van der Waals surface area contributed by atoms with Gasteiger partial charge in [0, 0.05) is 59.7 Å². The highest BCUT2D eigenvalue weighted by molar-refractivity contribution is 6.31. The highest BCUT2D eigenvalue weighted by Crippen LogP contribution is 2.36. The first-order chi connectivity index (χ1) is 13.5. The van der Waals surface area contributed by atoms with E-state index in [1.54, 1.807) is 12.1 Å². The zero-order chi connectivity index (χ0) is 19.7. The molecule has 2 aromatic carbocycles. The van der Waals surface area contributed by atoms with Gasteiger partial charge in [0.15, 0.2) is 0 Å². The van der Waals surface area contributed by atoms with Crippen molar-refractivity contribution in [2.24, 2.45) is 0 Å². The van der Waals surface area contributed by atoms with E-state index in [1.165, 1.54) is 6.07 Å². The second-order valence-electron chi connectivity index (χ2n) is 7.13. The Kier molecular flexibility index (Phi) is 5.05. The summed E-state index contributed by atoms with van der Waals surface area (Å²) in [4.78, 5) is 28.9. The Morgan fingerprint density at radius 1 is 1.21 bits per heavy atom. The van der Waals surface area contributed by atoms with Crippen molar-refractivity contribution >= 4 is 34.1 Å². The number of nitrogens with zero attached hydrogens (tertiary/aromatic N) is 2. The summed E-state index contributed by atoms with van der Waals surface area (Å²) < 4.78 is 0. The Labute approximate surface area is 167 Å². The van der Waals surface area contributed by atoms with E-state index >= 15 is 0 Å². The molecule has 0 radical (unpaired) electrons. The SMILES string of the molecule is O=C(CC(c1cccc([N+](=O)[O-])c1)c1c[nH]c2ccc(Cl)cc12)N1CCCC1. The maximum Gasteiger partial charge on any atom is 0.269 e. The maximum atomic E-state index is 12.9. The molecule has 3 aromatic rings. The number of nitrogens with one attached hydrogen (secondary N) is 1. The third-order valence-electron chi connectivity index (χ3n) is 5.37. The summed E-state index contributed by atoms with van der Waals surface area (Å²) in [6.07, 6.45) is 4.19. The first kappa shape index (κ1) is 18.5. The number of likely N-dealkylation sites (tertiary alicyclic amines) is 1. The van der Waals surface area contributed by atoms with Crippen LogP contribution >= 0.6 is 11.6 Å². The predicted octanol–water partition coefficient (Wildman–Crippen LogP) is 4.87. The highest BCUT2D eigenvalue weighted by Gasteiger charge is 2.26. The van der Waals surface area contributed by atoms with Gasteiger partial charge in [-0.2, -0.15) is 0 Å². The first-order valence-corrected chi connectivity index (χ1v) is 9.69. The molecule has 0 aliphatic carbocycles. The standard InChI is InChI=1S/C21H20ClN3O3/c22-15-6-7-20-18(11-15)19(13-23-20)17(12-21(26)24-8-1-2-9-24)14-4-3-5-16(10-14)25(27)28/h3-7,10-11,13,17,23H,1-2,8-9,12H2. The Bertz CT molecular complexity index is 1040. The lowest BCUT2D eigenvalue weighted by Gasteiger charge is -2.21. The molecule has 1 N–H and O–H groups in total. The lowest BCUT2D eigenvalue weighted by atomic mass is 9.87. The summed E-state index contributed by atoms with van der Waals surface area (Å²) in [7, 11) is 0. The zero-order valence-electron chi connectivity index (χ0n) is 15.2. The largest absolute Gasteiger partial charge is 0.361 e. The smallest absolute Gasteiger partial charge is 0.269 e. The molecular weight excluding hydrogens is 378 g/mol. The van der Waals surface area contributed by atoms with Crippen molar-refractivity contribution in [3.63, 3.8) is 0 Å². The number of fused-ring (bicyclic) bond motifs is 1. The van der Waals surface area contributed by atoms with Gasteiger partial charge in [-0.05, 0) is 42.2 Å². The second kappa shape index (κ2) is 7.64. The third kappa shape index (κ3) is 3.60. The van der Waals surface area contributed by atoms with Gasteiger partial charge < -0.3 is 9.88 Å². The number of carbonyl (C=O) groups is 1. The van der Waals surface area contributed by atoms with E-state index in [0.717, 1.165) is 48.0 Å². The van der Waals surface area contributed by atoms with Crippen molar-refractivity contribution in [3.8, 4) is 0 Å². The summed E-state index contributed by atoms with van der Waals surface area (Å²) in [5.74, 6) is -0.217. The molecule has 28 heavy (non-hydrogen) atoms. The van der Waals surface area contributed by atoms with Crippen LogP contribution in [0, 0.1) is 10.1 Å². The number of nitro groups is 1. The van der Waals surface area contributed by atoms with E-state index in [1.807, 2.05) is 35.4 Å². The van der Waals surface area contributed by atoms with Crippen molar-refractivity contribution in [1.29, 1.82) is 0 Å². The zero-order valence-corrected chi connectivity index (χ0v) is 16.0. The lowest BCUT2D eigenvalue weighted by molar-refractivity contribution is -0.384. The number of H-pyrrole nitrogens is 1. The summed E-state index contributed by atoms with van der Waals surface area (Å²) >= 11 is 6.20. The van der Waals surface area contributed by atoms with Crippen molar-refractivity contribution in [2.75, 3.05) is 13.1 Å². The minimum Gasteiger partial charge on any atom is -0.361 e. The summed E-state index contributed by atoms with van der Waals surface area (Å²) in [5, 5.41) is 12.8. The molecular formula is C21H20ClN3O3. The van der Waals surface area contributed by atoms with Crippen molar-refractivity contribution < 1.29 is 9.72 Å². The number of benzene rings is 2. The molecule has 1 aliphatic rings. The normalized spacial score (nSPS) is 15.1.